The van der Waals surface area contributed by atoms with Crippen LogP contribution in [0.4, 0.5) is 4.79 Å². The highest BCUT2D eigenvalue weighted by molar-refractivity contribution is 7.86. The molecule has 2 aromatic rings. The van der Waals surface area contributed by atoms with Gasteiger partial charge in [-0.15, -0.1) is 0 Å². The normalized spacial score (nSPS) is 21.0. The average molecular weight is 492 g/mol. The average Bonchev–Trinajstić information content (AvgIpc) is 3.14. The number of carbonyl (C=O) groups is 1. The number of aryl methyl sites for hydroxylation is 1. The molecule has 0 bridgehead atoms. The zero-order chi connectivity index (χ0) is 24.9. The smallest absolute Gasteiger partial charge is 0.411 e. The fourth-order valence-corrected chi connectivity index (χ4v) is 4.78. The van der Waals surface area contributed by atoms with Crippen molar-refractivity contribution >= 4 is 16.2 Å². The van der Waals surface area contributed by atoms with E-state index in [0.717, 1.165) is 11.1 Å². The third-order valence-electron chi connectivity index (χ3n) is 5.51. The maximum absolute atomic E-state index is 13.0. The molecule has 186 valence electrons. The van der Waals surface area contributed by atoms with Crippen molar-refractivity contribution < 1.29 is 32.0 Å². The standard InChI is InChI=1S/C25H33NO7S/c1-18-10-12-21(13-11-18)34(29,30)32-17-20-14-23(31-16-19-8-6-5-7-9-19)22(15-27)26(20)24(28)33-25(2,3)4/h5-13,20,22-23,27H,14-17H2,1-4H3/t20-,22-,23?/m1/s1. The molecule has 1 aliphatic heterocycles. The molecule has 2 aromatic carbocycles. The van der Waals surface area contributed by atoms with Gasteiger partial charge in [-0.3, -0.25) is 9.08 Å². The van der Waals surface area contributed by atoms with Gasteiger partial charge in [-0.05, 0) is 51.8 Å². The van der Waals surface area contributed by atoms with E-state index in [9.17, 15) is 18.3 Å². The molecule has 0 spiro atoms. The molecule has 34 heavy (non-hydrogen) atoms. The molecule has 1 fully saturated rings. The number of ether oxygens (including phenoxy) is 2. The van der Waals surface area contributed by atoms with Crippen molar-refractivity contribution in [2.75, 3.05) is 13.2 Å². The zero-order valence-corrected chi connectivity index (χ0v) is 20.8. The van der Waals surface area contributed by atoms with Crippen LogP contribution in [0.3, 0.4) is 0 Å². The van der Waals surface area contributed by atoms with Gasteiger partial charge < -0.3 is 14.6 Å². The maximum atomic E-state index is 13.0. The number of likely N-dealkylation sites (tertiary alicyclic amines) is 1. The monoisotopic (exact) mass is 491 g/mol. The van der Waals surface area contributed by atoms with Crippen LogP contribution in [-0.4, -0.2) is 61.5 Å². The summed E-state index contributed by atoms with van der Waals surface area (Å²) in [7, 11) is -4.03. The van der Waals surface area contributed by atoms with Crippen LogP contribution in [0.15, 0.2) is 59.5 Å². The summed E-state index contributed by atoms with van der Waals surface area (Å²) in [6.07, 6.45) is -0.882. The first kappa shape index (κ1) is 26.2. The summed E-state index contributed by atoms with van der Waals surface area (Å²) in [5.74, 6) is 0. The van der Waals surface area contributed by atoms with Crippen molar-refractivity contribution in [1.29, 1.82) is 0 Å². The number of aliphatic hydroxyl groups excluding tert-OH is 1. The molecule has 0 aromatic heterocycles. The van der Waals surface area contributed by atoms with E-state index in [1.165, 1.54) is 17.0 Å². The molecule has 1 aliphatic rings. The predicted octanol–water partition coefficient (Wildman–Crippen LogP) is 3.66. The molecule has 1 amide bonds. The Labute approximate surface area is 201 Å². The number of rotatable bonds is 8. The van der Waals surface area contributed by atoms with Gasteiger partial charge in [-0.25, -0.2) is 4.79 Å². The lowest BCUT2D eigenvalue weighted by Gasteiger charge is -2.32. The summed E-state index contributed by atoms with van der Waals surface area (Å²) >= 11 is 0. The summed E-state index contributed by atoms with van der Waals surface area (Å²) < 4.78 is 42.4. The van der Waals surface area contributed by atoms with Gasteiger partial charge in [0.25, 0.3) is 10.1 Å². The Hall–Kier alpha value is -2.46. The molecule has 0 aliphatic carbocycles. The molecular weight excluding hydrogens is 458 g/mol. The fraction of sp³-hybridized carbons (Fsp3) is 0.480. The number of hydrogen-bond acceptors (Lipinski definition) is 7. The van der Waals surface area contributed by atoms with E-state index >= 15 is 0 Å². The summed E-state index contributed by atoms with van der Waals surface area (Å²) in [5, 5.41) is 10.1. The molecule has 1 N–H and O–H groups in total. The Balaban J connectivity index is 1.78. The minimum atomic E-state index is -4.03. The first-order chi connectivity index (χ1) is 16.0. The lowest BCUT2D eigenvalue weighted by Crippen LogP contribution is -2.49. The zero-order valence-electron chi connectivity index (χ0n) is 20.0. The number of amides is 1. The van der Waals surface area contributed by atoms with Crippen LogP contribution in [0.2, 0.25) is 0 Å². The topological polar surface area (TPSA) is 102 Å². The highest BCUT2D eigenvalue weighted by atomic mass is 32.2. The van der Waals surface area contributed by atoms with Crippen LogP contribution < -0.4 is 0 Å². The van der Waals surface area contributed by atoms with Gasteiger partial charge in [0.05, 0.1) is 42.9 Å². The number of carbonyl (C=O) groups excluding carboxylic acids is 1. The molecule has 3 rings (SSSR count). The molecule has 0 saturated carbocycles. The number of aliphatic hydroxyl groups is 1. The molecule has 0 radical (unpaired) electrons. The van der Waals surface area contributed by atoms with Crippen molar-refractivity contribution in [3.63, 3.8) is 0 Å². The molecule has 9 heteroatoms. The van der Waals surface area contributed by atoms with Crippen LogP contribution in [0, 0.1) is 6.92 Å². The summed E-state index contributed by atoms with van der Waals surface area (Å²) in [6, 6.07) is 14.5. The number of benzene rings is 2. The summed E-state index contributed by atoms with van der Waals surface area (Å²) in [6.45, 7) is 6.73. The van der Waals surface area contributed by atoms with Gasteiger partial charge in [0, 0.05) is 0 Å². The van der Waals surface area contributed by atoms with E-state index in [1.54, 1.807) is 32.9 Å². The van der Waals surface area contributed by atoms with Crippen molar-refractivity contribution in [2.24, 2.45) is 0 Å². The number of nitrogens with zero attached hydrogens (tertiary/aromatic N) is 1. The largest absolute Gasteiger partial charge is 0.444 e. The van der Waals surface area contributed by atoms with Gasteiger partial charge >= 0.3 is 6.09 Å². The molecule has 1 heterocycles. The molecule has 8 nitrogen and oxygen atoms in total. The Morgan fingerprint density at radius 3 is 2.32 bits per heavy atom. The Morgan fingerprint density at radius 2 is 1.74 bits per heavy atom. The van der Waals surface area contributed by atoms with Crippen molar-refractivity contribution in [2.45, 2.75) is 69.4 Å². The Bertz CT molecular complexity index is 1050. The number of hydrogen-bond donors (Lipinski definition) is 1. The second-order valence-electron chi connectivity index (χ2n) is 9.41. The highest BCUT2D eigenvalue weighted by Crippen LogP contribution is 2.31. The summed E-state index contributed by atoms with van der Waals surface area (Å²) in [5.41, 5.74) is 1.11. The van der Waals surface area contributed by atoms with E-state index in [2.05, 4.69) is 0 Å². The fourth-order valence-electron chi connectivity index (χ4n) is 3.84. The minimum absolute atomic E-state index is 0.0375. The first-order valence-electron chi connectivity index (χ1n) is 11.2. The molecular formula is C25H33NO7S. The summed E-state index contributed by atoms with van der Waals surface area (Å²) in [4.78, 5) is 14.4. The van der Waals surface area contributed by atoms with Gasteiger partial charge in [0.2, 0.25) is 0 Å². The Kier molecular flexibility index (Phi) is 8.35. The van der Waals surface area contributed by atoms with Gasteiger partial charge in [0.15, 0.2) is 0 Å². The first-order valence-corrected chi connectivity index (χ1v) is 12.6. The van der Waals surface area contributed by atoms with Crippen molar-refractivity contribution in [1.82, 2.24) is 4.90 Å². The second-order valence-corrected chi connectivity index (χ2v) is 11.0. The van der Waals surface area contributed by atoms with E-state index in [0.29, 0.717) is 13.0 Å². The highest BCUT2D eigenvalue weighted by Gasteiger charge is 2.46. The predicted molar refractivity (Wildman–Crippen MR) is 127 cm³/mol. The van der Waals surface area contributed by atoms with Crippen molar-refractivity contribution in [3.8, 4) is 0 Å². The minimum Gasteiger partial charge on any atom is -0.444 e. The van der Waals surface area contributed by atoms with Crippen LogP contribution in [0.25, 0.3) is 0 Å². The van der Waals surface area contributed by atoms with E-state index in [1.807, 2.05) is 37.3 Å². The lowest BCUT2D eigenvalue weighted by molar-refractivity contribution is -0.0216. The quantitative estimate of drug-likeness (QED) is 0.562. The third kappa shape index (κ3) is 6.79. The third-order valence-corrected chi connectivity index (χ3v) is 6.80. The maximum Gasteiger partial charge on any atom is 0.411 e. The molecule has 1 unspecified atom stereocenters. The van der Waals surface area contributed by atoms with Gasteiger partial charge in [-0.1, -0.05) is 48.0 Å². The second kappa shape index (κ2) is 10.9. The van der Waals surface area contributed by atoms with E-state index in [-0.39, 0.29) is 18.1 Å². The Morgan fingerprint density at radius 1 is 1.09 bits per heavy atom. The van der Waals surface area contributed by atoms with Crippen LogP contribution in [0.1, 0.15) is 38.3 Å². The van der Waals surface area contributed by atoms with Gasteiger partial charge in [-0.2, -0.15) is 8.42 Å². The van der Waals surface area contributed by atoms with Crippen molar-refractivity contribution in [3.05, 3.63) is 65.7 Å². The molecule has 3 atom stereocenters. The van der Waals surface area contributed by atoms with E-state index < -0.39 is 40.0 Å². The van der Waals surface area contributed by atoms with Crippen LogP contribution >= 0.6 is 0 Å². The SMILES string of the molecule is Cc1ccc(S(=O)(=O)OC[C@H]2CC(OCc3ccccc3)[C@@H](CO)N2C(=O)OC(C)(C)C)cc1. The van der Waals surface area contributed by atoms with Crippen LogP contribution in [-0.2, 0) is 30.4 Å². The molecule has 1 saturated heterocycles. The van der Waals surface area contributed by atoms with Crippen LogP contribution in [0.5, 0.6) is 0 Å². The van der Waals surface area contributed by atoms with E-state index in [4.69, 9.17) is 13.7 Å². The van der Waals surface area contributed by atoms with Gasteiger partial charge in [0.1, 0.15) is 5.60 Å². The lowest BCUT2D eigenvalue weighted by atomic mass is 10.1.